The zero-order valence-electron chi connectivity index (χ0n) is 8.71. The first kappa shape index (κ1) is 10.2. The van der Waals surface area contributed by atoms with E-state index in [1.807, 2.05) is 19.3 Å². The molecule has 2 heterocycles. The average molecular weight is 217 g/mol. The van der Waals surface area contributed by atoms with Crippen molar-refractivity contribution in [2.45, 2.75) is 0 Å². The molecule has 0 atom stereocenters. The van der Waals surface area contributed by atoms with E-state index >= 15 is 0 Å². The first-order chi connectivity index (χ1) is 7.65. The second-order valence-corrected chi connectivity index (χ2v) is 3.30. The van der Waals surface area contributed by atoms with Gasteiger partial charge in [0.2, 0.25) is 5.91 Å². The molecule has 0 saturated heterocycles. The largest absolute Gasteiger partial charge is 0.366 e. The summed E-state index contributed by atoms with van der Waals surface area (Å²) in [6.45, 7) is 0. The van der Waals surface area contributed by atoms with Crippen molar-refractivity contribution in [3.05, 3.63) is 36.2 Å². The number of nitrogens with one attached hydrogen (secondary N) is 1. The number of carbonyl (C=O) groups is 1. The van der Waals surface area contributed by atoms with Crippen LogP contribution in [0.5, 0.6) is 0 Å². The molecule has 82 valence electrons. The van der Waals surface area contributed by atoms with Crippen LogP contribution in [0.4, 0.5) is 11.6 Å². The van der Waals surface area contributed by atoms with Crippen molar-refractivity contribution in [1.29, 1.82) is 0 Å². The number of amides is 1. The first-order valence-electron chi connectivity index (χ1n) is 4.67. The van der Waals surface area contributed by atoms with Gasteiger partial charge in [-0.1, -0.05) is 0 Å². The zero-order chi connectivity index (χ0) is 11.5. The highest BCUT2D eigenvalue weighted by Crippen LogP contribution is 2.11. The Morgan fingerprint density at radius 2 is 2.19 bits per heavy atom. The normalized spacial score (nSPS) is 10.1. The van der Waals surface area contributed by atoms with E-state index in [1.54, 1.807) is 16.8 Å². The monoisotopic (exact) mass is 217 g/mol. The molecule has 0 saturated carbocycles. The van der Waals surface area contributed by atoms with Crippen LogP contribution in [0.1, 0.15) is 10.4 Å². The Kier molecular flexibility index (Phi) is 2.55. The number of nitrogens with two attached hydrogens (primary N) is 1. The summed E-state index contributed by atoms with van der Waals surface area (Å²) in [7, 11) is 1.83. The number of aromatic nitrogens is 3. The fourth-order valence-corrected chi connectivity index (χ4v) is 1.23. The number of nitrogens with zero attached hydrogens (tertiary/aromatic N) is 3. The quantitative estimate of drug-likeness (QED) is 0.790. The molecular weight excluding hydrogens is 206 g/mol. The summed E-state index contributed by atoms with van der Waals surface area (Å²) in [5.41, 5.74) is 5.49. The van der Waals surface area contributed by atoms with E-state index in [1.165, 1.54) is 6.20 Å². The van der Waals surface area contributed by atoms with Crippen molar-refractivity contribution in [2.24, 2.45) is 12.8 Å². The Balaban J connectivity index is 2.14. The zero-order valence-corrected chi connectivity index (χ0v) is 8.71. The summed E-state index contributed by atoms with van der Waals surface area (Å²) in [6.07, 6.45) is 3.24. The van der Waals surface area contributed by atoms with Crippen LogP contribution in [0.15, 0.2) is 30.6 Å². The molecule has 3 N–H and O–H groups in total. The minimum atomic E-state index is -0.489. The molecule has 2 aromatic heterocycles. The highest BCUT2D eigenvalue weighted by Gasteiger charge is 2.02. The van der Waals surface area contributed by atoms with E-state index in [0.29, 0.717) is 17.2 Å². The summed E-state index contributed by atoms with van der Waals surface area (Å²) in [5.74, 6) is 0.822. The van der Waals surface area contributed by atoms with Crippen LogP contribution >= 0.6 is 0 Å². The number of carbonyl (C=O) groups excluding carboxylic acids is 1. The van der Waals surface area contributed by atoms with Crippen molar-refractivity contribution in [3.63, 3.8) is 0 Å². The molecule has 0 aliphatic carbocycles. The van der Waals surface area contributed by atoms with Crippen LogP contribution in [0.2, 0.25) is 0 Å². The van der Waals surface area contributed by atoms with Gasteiger partial charge in [-0.15, -0.1) is 0 Å². The first-order valence-corrected chi connectivity index (χ1v) is 4.67. The van der Waals surface area contributed by atoms with E-state index < -0.39 is 5.91 Å². The molecule has 0 bridgehead atoms. The second-order valence-electron chi connectivity index (χ2n) is 3.30. The van der Waals surface area contributed by atoms with Crippen molar-refractivity contribution >= 4 is 17.5 Å². The topological polar surface area (TPSA) is 85.8 Å². The minimum absolute atomic E-state index is 0.381. The van der Waals surface area contributed by atoms with Crippen LogP contribution in [-0.2, 0) is 7.05 Å². The smallest absolute Gasteiger partial charge is 0.250 e. The number of rotatable bonds is 3. The summed E-state index contributed by atoms with van der Waals surface area (Å²) in [6, 6.07) is 5.11. The third kappa shape index (κ3) is 2.17. The fraction of sp³-hybridized carbons (Fsp3) is 0.100. The number of aryl methyl sites for hydroxylation is 1. The van der Waals surface area contributed by atoms with Crippen LogP contribution < -0.4 is 11.1 Å². The molecule has 1 amide bonds. The number of pyridine rings is 1. The Morgan fingerprint density at radius 3 is 2.69 bits per heavy atom. The molecule has 0 radical (unpaired) electrons. The molecule has 6 heteroatoms. The van der Waals surface area contributed by atoms with Crippen molar-refractivity contribution in [2.75, 3.05) is 5.32 Å². The molecule has 2 rings (SSSR count). The van der Waals surface area contributed by atoms with Crippen molar-refractivity contribution < 1.29 is 4.79 Å². The van der Waals surface area contributed by atoms with E-state index in [0.717, 1.165) is 0 Å². The number of hydrogen-bond donors (Lipinski definition) is 2. The molecule has 6 nitrogen and oxygen atoms in total. The lowest BCUT2D eigenvalue weighted by Crippen LogP contribution is -2.11. The summed E-state index contributed by atoms with van der Waals surface area (Å²) in [5, 5.41) is 7.13. The maximum absolute atomic E-state index is 10.8. The van der Waals surface area contributed by atoms with Crippen LogP contribution in [0.3, 0.4) is 0 Å². The molecule has 0 aromatic carbocycles. The van der Waals surface area contributed by atoms with Crippen molar-refractivity contribution in [1.82, 2.24) is 14.8 Å². The van der Waals surface area contributed by atoms with Crippen LogP contribution in [-0.4, -0.2) is 20.7 Å². The highest BCUT2D eigenvalue weighted by molar-refractivity contribution is 5.92. The van der Waals surface area contributed by atoms with E-state index in [-0.39, 0.29) is 0 Å². The molecule has 0 unspecified atom stereocenters. The lowest BCUT2D eigenvalue weighted by atomic mass is 10.3. The standard InChI is InChI=1S/C10H11N5O/c1-15-5-4-9(14-15)13-8-3-2-7(6-12-8)10(11)16/h2-6H,1H3,(H2,11,16)(H,12,13,14). The third-order valence-electron chi connectivity index (χ3n) is 2.02. The predicted octanol–water partition coefficient (Wildman–Crippen LogP) is 0.658. The molecule has 0 fully saturated rings. The van der Waals surface area contributed by atoms with Gasteiger partial charge in [0.25, 0.3) is 0 Å². The molecule has 16 heavy (non-hydrogen) atoms. The van der Waals surface area contributed by atoms with Gasteiger partial charge in [0, 0.05) is 25.5 Å². The van der Waals surface area contributed by atoms with Gasteiger partial charge in [-0.3, -0.25) is 9.48 Å². The van der Waals surface area contributed by atoms with Gasteiger partial charge < -0.3 is 11.1 Å². The highest BCUT2D eigenvalue weighted by atomic mass is 16.1. The minimum Gasteiger partial charge on any atom is -0.366 e. The Bertz CT molecular complexity index is 502. The maximum Gasteiger partial charge on any atom is 0.250 e. The van der Waals surface area contributed by atoms with E-state index in [9.17, 15) is 4.79 Å². The van der Waals surface area contributed by atoms with Gasteiger partial charge in [-0.2, -0.15) is 5.10 Å². The van der Waals surface area contributed by atoms with Gasteiger partial charge in [-0.25, -0.2) is 4.98 Å². The molecule has 0 aliphatic rings. The Hall–Kier alpha value is -2.37. The summed E-state index contributed by atoms with van der Waals surface area (Å²) in [4.78, 5) is 14.9. The lowest BCUT2D eigenvalue weighted by molar-refractivity contribution is 0.1000. The third-order valence-corrected chi connectivity index (χ3v) is 2.02. The number of anilines is 2. The number of hydrogen-bond acceptors (Lipinski definition) is 4. The molecular formula is C10H11N5O. The van der Waals surface area contributed by atoms with Gasteiger partial charge in [0.15, 0.2) is 5.82 Å². The van der Waals surface area contributed by atoms with Gasteiger partial charge in [-0.05, 0) is 12.1 Å². The van der Waals surface area contributed by atoms with Gasteiger partial charge in [0.05, 0.1) is 5.56 Å². The molecule has 2 aromatic rings. The SMILES string of the molecule is Cn1ccc(Nc2ccc(C(N)=O)cn2)n1. The Morgan fingerprint density at radius 1 is 1.38 bits per heavy atom. The fourth-order valence-electron chi connectivity index (χ4n) is 1.23. The summed E-state index contributed by atoms with van der Waals surface area (Å²) >= 11 is 0. The average Bonchev–Trinajstić information content (AvgIpc) is 2.65. The van der Waals surface area contributed by atoms with E-state index in [4.69, 9.17) is 5.73 Å². The van der Waals surface area contributed by atoms with Crippen molar-refractivity contribution in [3.8, 4) is 0 Å². The van der Waals surface area contributed by atoms with Crippen LogP contribution in [0.25, 0.3) is 0 Å². The lowest BCUT2D eigenvalue weighted by Gasteiger charge is -2.01. The van der Waals surface area contributed by atoms with Gasteiger partial charge >= 0.3 is 0 Å². The Labute approximate surface area is 92.1 Å². The molecule has 0 aliphatic heterocycles. The number of primary amides is 1. The van der Waals surface area contributed by atoms with Crippen LogP contribution in [0, 0.1) is 0 Å². The van der Waals surface area contributed by atoms with Gasteiger partial charge in [0.1, 0.15) is 5.82 Å². The van der Waals surface area contributed by atoms with E-state index in [2.05, 4.69) is 15.4 Å². The predicted molar refractivity (Wildman–Crippen MR) is 59.2 cm³/mol. The molecule has 0 spiro atoms. The second kappa shape index (κ2) is 4.01. The maximum atomic E-state index is 10.8. The summed E-state index contributed by atoms with van der Waals surface area (Å²) < 4.78 is 1.68.